The molecule has 0 aliphatic carbocycles. The molecule has 108 valence electrons. The molecule has 0 amide bonds. The highest BCUT2D eigenvalue weighted by molar-refractivity contribution is 5.30. The summed E-state index contributed by atoms with van der Waals surface area (Å²) in [7, 11) is 0. The average molecular weight is 267 g/mol. The van der Waals surface area contributed by atoms with Gasteiger partial charge in [0.25, 0.3) is 0 Å². The van der Waals surface area contributed by atoms with Crippen LogP contribution in [-0.4, -0.2) is 6.61 Å². The number of unbranched alkanes of at least 4 members (excludes halogenated alkanes) is 1. The van der Waals surface area contributed by atoms with Crippen molar-refractivity contribution >= 4 is 0 Å². The third-order valence-electron chi connectivity index (χ3n) is 3.50. The molecule has 1 rings (SSSR count). The molecular formula is C16H26FNO. The van der Waals surface area contributed by atoms with Crippen molar-refractivity contribution in [3.05, 3.63) is 29.6 Å². The van der Waals surface area contributed by atoms with Crippen LogP contribution in [0.4, 0.5) is 4.39 Å². The van der Waals surface area contributed by atoms with Gasteiger partial charge in [-0.3, -0.25) is 0 Å². The molecule has 0 radical (unpaired) electrons. The fourth-order valence-electron chi connectivity index (χ4n) is 2.02. The maximum atomic E-state index is 13.8. The van der Waals surface area contributed by atoms with E-state index < -0.39 is 0 Å². The molecule has 0 fully saturated rings. The highest BCUT2D eigenvalue weighted by atomic mass is 19.1. The van der Waals surface area contributed by atoms with Crippen molar-refractivity contribution in [1.82, 2.24) is 0 Å². The lowest BCUT2D eigenvalue weighted by atomic mass is 10.0. The molecule has 0 saturated carbocycles. The molecule has 1 aromatic carbocycles. The van der Waals surface area contributed by atoms with Crippen molar-refractivity contribution in [2.45, 2.75) is 52.5 Å². The molecule has 2 N–H and O–H groups in total. The Morgan fingerprint density at radius 3 is 2.58 bits per heavy atom. The van der Waals surface area contributed by atoms with Crippen LogP contribution < -0.4 is 10.5 Å². The van der Waals surface area contributed by atoms with E-state index in [2.05, 4.69) is 13.8 Å². The Balaban J connectivity index is 2.57. The maximum absolute atomic E-state index is 13.8. The van der Waals surface area contributed by atoms with Crippen molar-refractivity contribution < 1.29 is 9.13 Å². The Kier molecular flexibility index (Phi) is 6.85. The highest BCUT2D eigenvalue weighted by Gasteiger charge is 2.11. The van der Waals surface area contributed by atoms with Crippen molar-refractivity contribution in [3.8, 4) is 5.75 Å². The van der Waals surface area contributed by atoms with Crippen molar-refractivity contribution in [1.29, 1.82) is 0 Å². The fourth-order valence-corrected chi connectivity index (χ4v) is 2.02. The van der Waals surface area contributed by atoms with Gasteiger partial charge in [-0.25, -0.2) is 4.39 Å². The third-order valence-corrected chi connectivity index (χ3v) is 3.50. The normalized spacial score (nSPS) is 14.2. The predicted octanol–water partition coefficient (Wildman–Crippen LogP) is 4.44. The summed E-state index contributed by atoms with van der Waals surface area (Å²) in [5.41, 5.74) is 6.52. The lowest BCUT2D eigenvalue weighted by Gasteiger charge is -2.16. The standard InChI is InChI=1S/C16H26FNO/c1-4-6-7-13(5-2)11-19-16-9-8-14(12(3)18)10-15(16)17/h8-10,12-13H,4-7,11,18H2,1-3H3/t12-,13?/m1/s1. The van der Waals surface area contributed by atoms with Gasteiger partial charge in [0.15, 0.2) is 11.6 Å². The highest BCUT2D eigenvalue weighted by Crippen LogP contribution is 2.23. The minimum atomic E-state index is -0.319. The Morgan fingerprint density at radius 1 is 1.32 bits per heavy atom. The van der Waals surface area contributed by atoms with Crippen LogP contribution in [0.15, 0.2) is 18.2 Å². The van der Waals surface area contributed by atoms with Crippen LogP contribution in [-0.2, 0) is 0 Å². The molecule has 3 heteroatoms. The van der Waals surface area contributed by atoms with Crippen molar-refractivity contribution in [2.75, 3.05) is 6.61 Å². The summed E-state index contributed by atoms with van der Waals surface area (Å²) in [5.74, 6) is 0.520. The summed E-state index contributed by atoms with van der Waals surface area (Å²) >= 11 is 0. The van der Waals surface area contributed by atoms with Gasteiger partial charge in [0, 0.05) is 6.04 Å². The number of halogens is 1. The van der Waals surface area contributed by atoms with E-state index in [1.807, 2.05) is 13.0 Å². The summed E-state index contributed by atoms with van der Waals surface area (Å²) in [6.07, 6.45) is 4.61. The average Bonchev–Trinajstić information content (AvgIpc) is 2.40. The molecule has 2 nitrogen and oxygen atoms in total. The molecule has 0 aromatic heterocycles. The van der Waals surface area contributed by atoms with E-state index in [-0.39, 0.29) is 11.9 Å². The third kappa shape index (κ3) is 5.19. The van der Waals surface area contributed by atoms with Crippen molar-refractivity contribution in [2.24, 2.45) is 11.7 Å². The Hall–Kier alpha value is -1.09. The van der Waals surface area contributed by atoms with Gasteiger partial charge in [0.2, 0.25) is 0 Å². The van der Waals surface area contributed by atoms with Gasteiger partial charge in [-0.05, 0) is 37.0 Å². The van der Waals surface area contributed by atoms with E-state index in [4.69, 9.17) is 10.5 Å². The second-order valence-electron chi connectivity index (χ2n) is 5.21. The fraction of sp³-hybridized carbons (Fsp3) is 0.625. The van der Waals surface area contributed by atoms with Gasteiger partial charge in [0.1, 0.15) is 0 Å². The summed E-state index contributed by atoms with van der Waals surface area (Å²) in [5, 5.41) is 0. The van der Waals surface area contributed by atoms with Crippen LogP contribution in [0, 0.1) is 11.7 Å². The smallest absolute Gasteiger partial charge is 0.165 e. The molecule has 19 heavy (non-hydrogen) atoms. The molecule has 0 saturated heterocycles. The van der Waals surface area contributed by atoms with Gasteiger partial charge in [-0.2, -0.15) is 0 Å². The van der Waals surface area contributed by atoms with E-state index in [1.165, 1.54) is 18.9 Å². The summed E-state index contributed by atoms with van der Waals surface area (Å²) in [4.78, 5) is 0. The van der Waals surface area contributed by atoms with Gasteiger partial charge in [0.05, 0.1) is 6.61 Å². The number of rotatable bonds is 8. The molecule has 1 aromatic rings. The predicted molar refractivity (Wildman–Crippen MR) is 77.8 cm³/mol. The molecule has 2 atom stereocenters. The van der Waals surface area contributed by atoms with Gasteiger partial charge >= 0.3 is 0 Å². The Bertz CT molecular complexity index is 379. The molecule has 0 aliphatic heterocycles. The zero-order chi connectivity index (χ0) is 14.3. The van der Waals surface area contributed by atoms with Crippen LogP contribution in [0.25, 0.3) is 0 Å². The largest absolute Gasteiger partial charge is 0.490 e. The number of nitrogens with two attached hydrogens (primary N) is 1. The van der Waals surface area contributed by atoms with Crippen LogP contribution in [0.3, 0.4) is 0 Å². The van der Waals surface area contributed by atoms with Crippen molar-refractivity contribution in [3.63, 3.8) is 0 Å². The first-order chi connectivity index (χ1) is 9.08. The van der Waals surface area contributed by atoms with E-state index in [0.717, 1.165) is 18.4 Å². The lowest BCUT2D eigenvalue weighted by molar-refractivity contribution is 0.225. The van der Waals surface area contributed by atoms with Gasteiger partial charge < -0.3 is 10.5 Å². The topological polar surface area (TPSA) is 35.2 Å². The zero-order valence-electron chi connectivity index (χ0n) is 12.3. The Morgan fingerprint density at radius 2 is 2.05 bits per heavy atom. The first-order valence-corrected chi connectivity index (χ1v) is 7.26. The minimum absolute atomic E-state index is 0.156. The van der Waals surface area contributed by atoms with Crippen LogP contribution in [0.5, 0.6) is 5.75 Å². The second kappa shape index (κ2) is 8.16. The molecule has 0 aliphatic rings. The van der Waals surface area contributed by atoms with Crippen LogP contribution in [0.1, 0.15) is 58.1 Å². The number of hydrogen-bond donors (Lipinski definition) is 1. The number of benzene rings is 1. The SMILES string of the molecule is CCCCC(CC)COc1ccc([C@@H](C)N)cc1F. The second-order valence-corrected chi connectivity index (χ2v) is 5.21. The lowest BCUT2D eigenvalue weighted by Crippen LogP contribution is -2.12. The van der Waals surface area contributed by atoms with Gasteiger partial charge in [-0.1, -0.05) is 39.2 Å². The van der Waals surface area contributed by atoms with E-state index in [9.17, 15) is 4.39 Å². The monoisotopic (exact) mass is 267 g/mol. The number of hydrogen-bond acceptors (Lipinski definition) is 2. The Labute approximate surface area is 116 Å². The maximum Gasteiger partial charge on any atom is 0.165 e. The molecule has 1 unspecified atom stereocenters. The summed E-state index contributed by atoms with van der Waals surface area (Å²) in [6.45, 7) is 6.76. The van der Waals surface area contributed by atoms with E-state index in [0.29, 0.717) is 18.3 Å². The molecule has 0 spiro atoms. The van der Waals surface area contributed by atoms with Crippen LogP contribution >= 0.6 is 0 Å². The van der Waals surface area contributed by atoms with Gasteiger partial charge in [-0.15, -0.1) is 0 Å². The van der Waals surface area contributed by atoms with Crippen LogP contribution in [0.2, 0.25) is 0 Å². The first kappa shape index (κ1) is 16.0. The quantitative estimate of drug-likeness (QED) is 0.755. The minimum Gasteiger partial charge on any atom is -0.490 e. The first-order valence-electron chi connectivity index (χ1n) is 7.26. The summed E-state index contributed by atoms with van der Waals surface area (Å²) < 4.78 is 19.4. The molecular weight excluding hydrogens is 241 g/mol. The zero-order valence-corrected chi connectivity index (χ0v) is 12.3. The molecule has 0 heterocycles. The van der Waals surface area contributed by atoms with E-state index in [1.54, 1.807) is 6.07 Å². The summed E-state index contributed by atoms with van der Waals surface area (Å²) in [6, 6.07) is 4.82. The molecule has 0 bridgehead atoms. The number of ether oxygens (including phenoxy) is 1. The van der Waals surface area contributed by atoms with E-state index >= 15 is 0 Å².